The first-order valence-corrected chi connectivity index (χ1v) is 10.4. The highest BCUT2D eigenvalue weighted by molar-refractivity contribution is 7.91. The first kappa shape index (κ1) is 18.3. The van der Waals surface area contributed by atoms with E-state index in [4.69, 9.17) is 17.3 Å². The normalized spacial score (nSPS) is 18.1. The van der Waals surface area contributed by atoms with Crippen molar-refractivity contribution in [3.8, 4) is 0 Å². The quantitative estimate of drug-likeness (QED) is 0.832. The number of thiophene rings is 1. The summed E-state index contributed by atoms with van der Waals surface area (Å²) < 4.78 is 26.9. The molecule has 6 nitrogen and oxygen atoms in total. The average molecular weight is 400 g/mol. The van der Waals surface area contributed by atoms with Crippen LogP contribution in [0.3, 0.4) is 0 Å². The van der Waals surface area contributed by atoms with Crippen molar-refractivity contribution in [3.63, 3.8) is 0 Å². The molecule has 2 N–H and O–H groups in total. The molecule has 1 amide bonds. The Kier molecular flexibility index (Phi) is 5.45. The number of nitrogens with two attached hydrogens (primary N) is 1. The van der Waals surface area contributed by atoms with Crippen molar-refractivity contribution < 1.29 is 13.2 Å². The van der Waals surface area contributed by atoms with Gasteiger partial charge in [-0.05, 0) is 29.1 Å². The maximum absolute atomic E-state index is 12.6. The Labute approximate surface area is 155 Å². The van der Waals surface area contributed by atoms with Crippen molar-refractivity contribution in [2.45, 2.75) is 10.3 Å². The summed E-state index contributed by atoms with van der Waals surface area (Å²) in [5, 5.41) is 2.33. The van der Waals surface area contributed by atoms with Gasteiger partial charge < -0.3 is 5.73 Å². The molecule has 1 atom stereocenters. The predicted octanol–water partition coefficient (Wildman–Crippen LogP) is 1.93. The number of nitrogens with zero attached hydrogens (tertiary/aromatic N) is 2. The van der Waals surface area contributed by atoms with Gasteiger partial charge in [-0.2, -0.15) is 4.31 Å². The van der Waals surface area contributed by atoms with Crippen LogP contribution in [0.15, 0.2) is 46.0 Å². The summed E-state index contributed by atoms with van der Waals surface area (Å²) in [5.41, 5.74) is 6.35. The fourth-order valence-electron chi connectivity index (χ4n) is 2.94. The van der Waals surface area contributed by atoms with Gasteiger partial charge in [-0.15, -0.1) is 11.3 Å². The molecule has 2 aromatic rings. The molecule has 1 aliphatic heterocycles. The topological polar surface area (TPSA) is 83.7 Å². The van der Waals surface area contributed by atoms with Crippen LogP contribution < -0.4 is 5.73 Å². The monoisotopic (exact) mass is 399 g/mol. The molecular formula is C16H18ClN3O3S2. The van der Waals surface area contributed by atoms with E-state index in [2.05, 4.69) is 0 Å². The van der Waals surface area contributed by atoms with Crippen molar-refractivity contribution in [1.82, 2.24) is 9.21 Å². The largest absolute Gasteiger partial charge is 0.368 e. The molecule has 3 rings (SSSR count). The standard InChI is InChI=1S/C16H18ClN3O3S2/c17-13-5-3-12(4-6-13)15(16(18)21)19-7-9-20(10-8-19)25(22,23)14-2-1-11-24-14/h1-6,11,15H,7-10H2,(H2,18,21). The number of piperazine rings is 1. The van der Waals surface area contributed by atoms with Gasteiger partial charge in [-0.1, -0.05) is 29.8 Å². The van der Waals surface area contributed by atoms with Crippen LogP contribution in [0.5, 0.6) is 0 Å². The molecule has 1 aromatic heterocycles. The molecule has 0 bridgehead atoms. The smallest absolute Gasteiger partial charge is 0.252 e. The summed E-state index contributed by atoms with van der Waals surface area (Å²) in [6.07, 6.45) is 0. The fourth-order valence-corrected chi connectivity index (χ4v) is 5.63. The van der Waals surface area contributed by atoms with E-state index >= 15 is 0 Å². The van der Waals surface area contributed by atoms with Gasteiger partial charge in [0.1, 0.15) is 10.3 Å². The van der Waals surface area contributed by atoms with Gasteiger partial charge in [-0.3, -0.25) is 9.69 Å². The van der Waals surface area contributed by atoms with Crippen molar-refractivity contribution in [3.05, 3.63) is 52.4 Å². The van der Waals surface area contributed by atoms with Crippen molar-refractivity contribution in [1.29, 1.82) is 0 Å². The van der Waals surface area contributed by atoms with E-state index in [1.165, 1.54) is 15.6 Å². The third-order valence-corrected chi connectivity index (χ3v) is 7.71. The number of primary amides is 1. The van der Waals surface area contributed by atoms with Crippen LogP contribution in [0.25, 0.3) is 0 Å². The van der Waals surface area contributed by atoms with Crippen LogP contribution in [0, 0.1) is 0 Å². The van der Waals surface area contributed by atoms with Crippen LogP contribution >= 0.6 is 22.9 Å². The van der Waals surface area contributed by atoms with Crippen LogP contribution in [0.1, 0.15) is 11.6 Å². The lowest BCUT2D eigenvalue weighted by molar-refractivity contribution is -0.124. The second-order valence-electron chi connectivity index (χ2n) is 5.73. The van der Waals surface area contributed by atoms with E-state index in [0.717, 1.165) is 5.56 Å². The second kappa shape index (κ2) is 7.43. The third-order valence-electron chi connectivity index (χ3n) is 4.18. The Hall–Kier alpha value is -1.45. The third kappa shape index (κ3) is 3.88. The van der Waals surface area contributed by atoms with Gasteiger partial charge in [-0.25, -0.2) is 8.42 Å². The lowest BCUT2D eigenvalue weighted by Crippen LogP contribution is -2.51. The number of hydrogen-bond donors (Lipinski definition) is 1. The fraction of sp³-hybridized carbons (Fsp3) is 0.312. The number of rotatable bonds is 5. The summed E-state index contributed by atoms with van der Waals surface area (Å²) in [5.74, 6) is -0.461. The Morgan fingerprint density at radius 1 is 1.12 bits per heavy atom. The van der Waals surface area contributed by atoms with Gasteiger partial charge in [0.15, 0.2) is 0 Å². The molecular weight excluding hydrogens is 382 g/mol. The SMILES string of the molecule is NC(=O)C(c1ccc(Cl)cc1)N1CCN(S(=O)(=O)c2cccs2)CC1. The predicted molar refractivity (Wildman–Crippen MR) is 98.0 cm³/mol. The van der Waals surface area contributed by atoms with E-state index in [1.54, 1.807) is 41.8 Å². The Morgan fingerprint density at radius 3 is 2.28 bits per heavy atom. The zero-order valence-corrected chi connectivity index (χ0v) is 15.7. The molecule has 0 spiro atoms. The highest BCUT2D eigenvalue weighted by Gasteiger charge is 2.33. The summed E-state index contributed by atoms with van der Waals surface area (Å²) in [6.45, 7) is 1.50. The molecule has 1 aromatic carbocycles. The van der Waals surface area contributed by atoms with Crippen LogP contribution in [-0.2, 0) is 14.8 Å². The number of amides is 1. The second-order valence-corrected chi connectivity index (χ2v) is 9.28. The number of sulfonamides is 1. The zero-order valence-electron chi connectivity index (χ0n) is 13.3. The number of benzene rings is 1. The molecule has 1 saturated heterocycles. The molecule has 0 saturated carbocycles. The first-order chi connectivity index (χ1) is 11.9. The molecule has 0 aliphatic carbocycles. The molecule has 134 valence electrons. The highest BCUT2D eigenvalue weighted by atomic mass is 35.5. The Morgan fingerprint density at radius 2 is 1.76 bits per heavy atom. The van der Waals surface area contributed by atoms with Gasteiger partial charge >= 0.3 is 0 Å². The average Bonchev–Trinajstić information content (AvgIpc) is 3.12. The van der Waals surface area contributed by atoms with Crippen LogP contribution in [-0.4, -0.2) is 49.7 Å². The highest BCUT2D eigenvalue weighted by Crippen LogP contribution is 2.26. The molecule has 1 unspecified atom stereocenters. The van der Waals surface area contributed by atoms with E-state index in [0.29, 0.717) is 35.4 Å². The first-order valence-electron chi connectivity index (χ1n) is 7.72. The summed E-state index contributed by atoms with van der Waals surface area (Å²) in [4.78, 5) is 13.9. The minimum Gasteiger partial charge on any atom is -0.368 e. The Balaban J connectivity index is 1.74. The van der Waals surface area contributed by atoms with E-state index in [1.807, 2.05) is 4.90 Å². The maximum atomic E-state index is 12.6. The van der Waals surface area contributed by atoms with Crippen LogP contribution in [0.4, 0.5) is 0 Å². The van der Waals surface area contributed by atoms with Gasteiger partial charge in [0.05, 0.1) is 0 Å². The number of carbonyl (C=O) groups excluding carboxylic acids is 1. The molecule has 25 heavy (non-hydrogen) atoms. The minimum atomic E-state index is -3.47. The van der Waals surface area contributed by atoms with E-state index in [-0.39, 0.29) is 0 Å². The van der Waals surface area contributed by atoms with Crippen molar-refractivity contribution in [2.75, 3.05) is 26.2 Å². The molecule has 1 aliphatic rings. The van der Waals surface area contributed by atoms with Crippen molar-refractivity contribution in [2.24, 2.45) is 5.73 Å². The minimum absolute atomic E-state index is 0.317. The summed E-state index contributed by atoms with van der Waals surface area (Å²) in [6, 6.07) is 9.70. The molecule has 0 radical (unpaired) electrons. The number of halogens is 1. The van der Waals surface area contributed by atoms with E-state index in [9.17, 15) is 13.2 Å². The van der Waals surface area contributed by atoms with Gasteiger partial charge in [0.2, 0.25) is 5.91 Å². The number of carbonyl (C=O) groups is 1. The zero-order chi connectivity index (χ0) is 18.0. The summed E-state index contributed by atoms with van der Waals surface area (Å²) in [7, 11) is -3.47. The maximum Gasteiger partial charge on any atom is 0.252 e. The lowest BCUT2D eigenvalue weighted by atomic mass is 10.0. The molecule has 9 heteroatoms. The van der Waals surface area contributed by atoms with Crippen LogP contribution in [0.2, 0.25) is 5.02 Å². The molecule has 2 heterocycles. The van der Waals surface area contributed by atoms with Gasteiger partial charge in [0.25, 0.3) is 10.0 Å². The summed E-state index contributed by atoms with van der Waals surface area (Å²) >= 11 is 7.10. The Bertz CT molecular complexity index is 830. The lowest BCUT2D eigenvalue weighted by Gasteiger charge is -2.37. The van der Waals surface area contributed by atoms with Gasteiger partial charge in [0, 0.05) is 31.2 Å². The molecule has 1 fully saturated rings. The van der Waals surface area contributed by atoms with Crippen molar-refractivity contribution >= 4 is 38.9 Å². The van der Waals surface area contributed by atoms with E-state index < -0.39 is 22.0 Å². The number of hydrogen-bond acceptors (Lipinski definition) is 5.